The van der Waals surface area contributed by atoms with Gasteiger partial charge in [-0.25, -0.2) is 0 Å². The molecule has 0 N–H and O–H groups in total. The third-order valence-electron chi connectivity index (χ3n) is 5.00. The Hall–Kier alpha value is -2.10. The van der Waals surface area contributed by atoms with Crippen molar-refractivity contribution >= 4 is 17.4 Å². The first-order valence-electron chi connectivity index (χ1n) is 8.97. The Kier molecular flexibility index (Phi) is 3.68. The average Bonchev–Trinajstić information content (AvgIpc) is 3.05. The van der Waals surface area contributed by atoms with E-state index in [1.807, 2.05) is 59.7 Å². The molecule has 0 unspecified atom stereocenters. The minimum absolute atomic E-state index is 0.403. The molecule has 1 fully saturated rings. The number of hydrogen-bond donors (Lipinski definition) is 0. The summed E-state index contributed by atoms with van der Waals surface area (Å²) in [6, 6.07) is 10.1. The van der Waals surface area contributed by atoms with E-state index < -0.39 is 28.6 Å². The van der Waals surface area contributed by atoms with Crippen LogP contribution < -0.4 is 0 Å². The Labute approximate surface area is 150 Å². The summed E-state index contributed by atoms with van der Waals surface area (Å²) in [6.07, 6.45) is 0.809. The van der Waals surface area contributed by atoms with E-state index >= 15 is 0 Å². The number of amides is 2. The molecule has 4 nitrogen and oxygen atoms in total. The van der Waals surface area contributed by atoms with Gasteiger partial charge in [0.25, 0.3) is 0 Å². The molecule has 1 saturated heterocycles. The second-order valence-electron chi connectivity index (χ2n) is 8.87. The van der Waals surface area contributed by atoms with Gasteiger partial charge in [0.15, 0.2) is 5.66 Å². The Bertz CT molecular complexity index is 731. The van der Waals surface area contributed by atoms with Crippen LogP contribution >= 0.6 is 0 Å². The fourth-order valence-corrected chi connectivity index (χ4v) is 4.37. The highest BCUT2D eigenvalue weighted by Gasteiger charge is 2.73. The van der Waals surface area contributed by atoms with Crippen LogP contribution in [0.25, 0.3) is 5.57 Å². The van der Waals surface area contributed by atoms with Crippen LogP contribution in [0.2, 0.25) is 0 Å². The Morgan fingerprint density at radius 3 is 1.64 bits per heavy atom. The molecule has 0 radical (unpaired) electrons. The monoisotopic (exact) mass is 340 g/mol. The van der Waals surface area contributed by atoms with Crippen molar-refractivity contribution < 1.29 is 9.59 Å². The van der Waals surface area contributed by atoms with Crippen molar-refractivity contribution in [2.75, 3.05) is 0 Å². The molecule has 0 saturated carbocycles. The zero-order valence-corrected chi connectivity index (χ0v) is 16.3. The SMILES string of the molecule is CCC1=C(c2ccccc2)C12N(C(C)(C)C)C(=O)C(=O)N2C(C)(C)C. The third kappa shape index (κ3) is 2.26. The maximum Gasteiger partial charge on any atom is 0.315 e. The van der Waals surface area contributed by atoms with E-state index in [2.05, 4.69) is 19.1 Å². The molecule has 1 aromatic rings. The molecule has 25 heavy (non-hydrogen) atoms. The normalized spacial score (nSPS) is 20.1. The number of hydrogen-bond acceptors (Lipinski definition) is 2. The molecule has 1 heterocycles. The lowest BCUT2D eigenvalue weighted by atomic mass is 9.97. The van der Waals surface area contributed by atoms with E-state index in [9.17, 15) is 9.59 Å². The standard InChI is InChI=1S/C21H28N2O2/c1-8-15-16(14-12-10-9-11-13-14)21(15)22(19(2,3)4)17(24)18(25)23(21)20(5,6)7/h9-13H,8H2,1-7H3. The van der Waals surface area contributed by atoms with Gasteiger partial charge in [-0.3, -0.25) is 19.4 Å². The van der Waals surface area contributed by atoms with Crippen LogP contribution in [0.3, 0.4) is 0 Å². The summed E-state index contributed by atoms with van der Waals surface area (Å²) >= 11 is 0. The summed E-state index contributed by atoms with van der Waals surface area (Å²) in [5.41, 5.74) is 1.74. The van der Waals surface area contributed by atoms with Crippen molar-refractivity contribution in [2.45, 2.75) is 71.6 Å². The van der Waals surface area contributed by atoms with E-state index in [0.717, 1.165) is 17.6 Å². The van der Waals surface area contributed by atoms with Crippen LogP contribution in [0.4, 0.5) is 0 Å². The van der Waals surface area contributed by atoms with Crippen molar-refractivity contribution in [2.24, 2.45) is 0 Å². The number of benzene rings is 1. The quantitative estimate of drug-likeness (QED) is 0.768. The smallest absolute Gasteiger partial charge is 0.298 e. The van der Waals surface area contributed by atoms with Gasteiger partial charge in [0.05, 0.1) is 0 Å². The van der Waals surface area contributed by atoms with Crippen molar-refractivity contribution in [3.05, 3.63) is 41.5 Å². The van der Waals surface area contributed by atoms with Gasteiger partial charge in [-0.05, 0) is 59.1 Å². The molecule has 1 aliphatic carbocycles. The molecule has 3 rings (SSSR count). The molecule has 0 aromatic heterocycles. The Balaban J connectivity index is 2.25. The number of carbonyl (C=O) groups is 2. The number of rotatable bonds is 2. The molecule has 1 aliphatic heterocycles. The molecular formula is C21H28N2O2. The van der Waals surface area contributed by atoms with Gasteiger partial charge < -0.3 is 0 Å². The summed E-state index contributed by atoms with van der Waals surface area (Å²) in [6.45, 7) is 14.1. The molecule has 2 amide bonds. The van der Waals surface area contributed by atoms with Crippen molar-refractivity contribution in [1.29, 1.82) is 0 Å². The summed E-state index contributed by atoms with van der Waals surface area (Å²) < 4.78 is 0. The topological polar surface area (TPSA) is 40.6 Å². The fraction of sp³-hybridized carbons (Fsp3) is 0.524. The van der Waals surface area contributed by atoms with E-state index in [1.165, 1.54) is 5.57 Å². The van der Waals surface area contributed by atoms with Gasteiger partial charge in [-0.1, -0.05) is 37.3 Å². The molecule has 0 atom stereocenters. The van der Waals surface area contributed by atoms with E-state index in [0.29, 0.717) is 0 Å². The molecule has 1 spiro atoms. The maximum absolute atomic E-state index is 13.0. The number of carbonyl (C=O) groups excluding carboxylic acids is 2. The second kappa shape index (κ2) is 5.20. The van der Waals surface area contributed by atoms with Gasteiger partial charge >= 0.3 is 11.8 Å². The highest BCUT2D eigenvalue weighted by atomic mass is 16.2. The van der Waals surface area contributed by atoms with Crippen LogP contribution in [0, 0.1) is 0 Å². The fourth-order valence-electron chi connectivity index (χ4n) is 4.37. The predicted molar refractivity (Wildman–Crippen MR) is 99.6 cm³/mol. The van der Waals surface area contributed by atoms with E-state index in [1.54, 1.807) is 9.80 Å². The van der Waals surface area contributed by atoms with Gasteiger partial charge in [-0.15, -0.1) is 0 Å². The first kappa shape index (κ1) is 17.7. The second-order valence-corrected chi connectivity index (χ2v) is 8.87. The van der Waals surface area contributed by atoms with Crippen molar-refractivity contribution in [1.82, 2.24) is 9.80 Å². The summed E-state index contributed by atoms with van der Waals surface area (Å²) in [5.74, 6) is -0.807. The van der Waals surface area contributed by atoms with E-state index in [-0.39, 0.29) is 0 Å². The van der Waals surface area contributed by atoms with Crippen LogP contribution in [0.15, 0.2) is 35.9 Å². The minimum atomic E-state index is -0.721. The first-order chi connectivity index (χ1) is 11.5. The summed E-state index contributed by atoms with van der Waals surface area (Å²) in [7, 11) is 0. The third-order valence-corrected chi connectivity index (χ3v) is 5.00. The van der Waals surface area contributed by atoms with E-state index in [4.69, 9.17) is 0 Å². The lowest BCUT2D eigenvalue weighted by Crippen LogP contribution is -2.58. The zero-order valence-electron chi connectivity index (χ0n) is 16.3. The molecule has 1 aromatic carbocycles. The van der Waals surface area contributed by atoms with Gasteiger partial charge in [0.2, 0.25) is 0 Å². The lowest BCUT2D eigenvalue weighted by molar-refractivity contribution is -0.146. The summed E-state index contributed by atoms with van der Waals surface area (Å²) in [5, 5.41) is 0. The Morgan fingerprint density at radius 2 is 1.28 bits per heavy atom. The lowest BCUT2D eigenvalue weighted by Gasteiger charge is -2.45. The average molecular weight is 340 g/mol. The molecular weight excluding hydrogens is 312 g/mol. The van der Waals surface area contributed by atoms with Crippen LogP contribution in [-0.4, -0.2) is 38.4 Å². The number of nitrogens with zero attached hydrogens (tertiary/aromatic N) is 2. The molecule has 4 heteroatoms. The first-order valence-corrected chi connectivity index (χ1v) is 8.97. The van der Waals surface area contributed by atoms with Gasteiger partial charge in [-0.2, -0.15) is 0 Å². The van der Waals surface area contributed by atoms with Crippen LogP contribution in [0.5, 0.6) is 0 Å². The highest BCUT2D eigenvalue weighted by molar-refractivity contribution is 6.39. The highest BCUT2D eigenvalue weighted by Crippen LogP contribution is 2.63. The maximum atomic E-state index is 13.0. The van der Waals surface area contributed by atoms with Gasteiger partial charge in [0.1, 0.15) is 0 Å². The molecule has 2 aliphatic rings. The van der Waals surface area contributed by atoms with Crippen LogP contribution in [-0.2, 0) is 9.59 Å². The molecule has 0 bridgehead atoms. The van der Waals surface area contributed by atoms with Crippen molar-refractivity contribution in [3.8, 4) is 0 Å². The summed E-state index contributed by atoms with van der Waals surface area (Å²) in [4.78, 5) is 29.6. The molecule has 134 valence electrons. The minimum Gasteiger partial charge on any atom is -0.298 e. The van der Waals surface area contributed by atoms with Gasteiger partial charge in [0, 0.05) is 16.7 Å². The predicted octanol–water partition coefficient (Wildman–Crippen LogP) is 3.83. The largest absolute Gasteiger partial charge is 0.315 e. The Morgan fingerprint density at radius 1 is 0.840 bits per heavy atom. The van der Waals surface area contributed by atoms with Crippen molar-refractivity contribution in [3.63, 3.8) is 0 Å². The zero-order chi connectivity index (χ0) is 18.8. The van der Waals surface area contributed by atoms with Crippen LogP contribution in [0.1, 0.15) is 60.5 Å².